The van der Waals surface area contributed by atoms with E-state index in [4.69, 9.17) is 23.2 Å². The maximum atomic E-state index is 12.5. The van der Waals surface area contributed by atoms with Crippen LogP contribution in [-0.2, 0) is 0 Å². The van der Waals surface area contributed by atoms with Crippen LogP contribution in [0.3, 0.4) is 0 Å². The molecule has 21 heavy (non-hydrogen) atoms. The van der Waals surface area contributed by atoms with Gasteiger partial charge in [0.2, 0.25) is 0 Å². The molecule has 0 bridgehead atoms. The van der Waals surface area contributed by atoms with Crippen molar-refractivity contribution in [2.45, 2.75) is 32.2 Å². The second-order valence-electron chi connectivity index (χ2n) is 5.45. The number of halogens is 2. The molecule has 0 aromatic carbocycles. The summed E-state index contributed by atoms with van der Waals surface area (Å²) in [5.41, 5.74) is 0.239. The van der Waals surface area contributed by atoms with E-state index in [0.717, 1.165) is 32.5 Å². The number of likely N-dealkylation sites (tertiary alicyclic amines) is 1. The third-order valence-corrected chi connectivity index (χ3v) is 4.50. The minimum atomic E-state index is -0.156. The number of carbonyl (C=O) groups excluding carboxylic acids is 1. The Balaban J connectivity index is 2.01. The van der Waals surface area contributed by atoms with E-state index in [1.807, 2.05) is 7.05 Å². The molecule has 1 fully saturated rings. The van der Waals surface area contributed by atoms with Crippen LogP contribution >= 0.6 is 23.2 Å². The normalized spacial score (nSPS) is 17.0. The number of pyridine rings is 1. The number of carbonyl (C=O) groups is 1. The Kier molecular flexibility index (Phi) is 5.85. The number of aromatic nitrogens is 1. The van der Waals surface area contributed by atoms with Gasteiger partial charge in [-0.15, -0.1) is 0 Å². The summed E-state index contributed by atoms with van der Waals surface area (Å²) in [4.78, 5) is 20.8. The molecule has 2 heterocycles. The number of hydrogen-bond donors (Lipinski definition) is 0. The summed E-state index contributed by atoms with van der Waals surface area (Å²) in [5.74, 6) is -0.156. The molecule has 6 heteroatoms. The Bertz CT molecular complexity index is 502. The van der Waals surface area contributed by atoms with Crippen molar-refractivity contribution in [2.75, 3.05) is 26.7 Å². The van der Waals surface area contributed by atoms with E-state index in [-0.39, 0.29) is 22.8 Å². The molecular formula is C15H21Cl2N3O. The lowest BCUT2D eigenvalue weighted by molar-refractivity contribution is 0.0637. The van der Waals surface area contributed by atoms with Crippen LogP contribution in [0.5, 0.6) is 0 Å². The monoisotopic (exact) mass is 329 g/mol. The molecule has 0 unspecified atom stereocenters. The summed E-state index contributed by atoms with van der Waals surface area (Å²) in [6.45, 7) is 5.39. The Labute approximate surface area is 136 Å². The van der Waals surface area contributed by atoms with Gasteiger partial charge in [-0.3, -0.25) is 4.79 Å². The Hall–Kier alpha value is -0.840. The zero-order valence-corrected chi connectivity index (χ0v) is 14.0. The lowest BCUT2D eigenvalue weighted by atomic mass is 10.0. The Morgan fingerprint density at radius 3 is 2.67 bits per heavy atom. The van der Waals surface area contributed by atoms with E-state index >= 15 is 0 Å². The van der Waals surface area contributed by atoms with Crippen molar-refractivity contribution in [1.82, 2.24) is 14.8 Å². The highest BCUT2D eigenvalue weighted by molar-refractivity contribution is 6.34. The molecule has 1 aliphatic rings. The van der Waals surface area contributed by atoms with Gasteiger partial charge >= 0.3 is 0 Å². The summed E-state index contributed by atoms with van der Waals surface area (Å²) in [7, 11) is 1.82. The second kappa shape index (κ2) is 7.43. The van der Waals surface area contributed by atoms with Crippen LogP contribution in [-0.4, -0.2) is 53.4 Å². The average Bonchev–Trinajstić information content (AvgIpc) is 2.49. The molecule has 1 aromatic heterocycles. The summed E-state index contributed by atoms with van der Waals surface area (Å²) in [5, 5.41) is 0.633. The average molecular weight is 330 g/mol. The quantitative estimate of drug-likeness (QED) is 0.795. The van der Waals surface area contributed by atoms with Gasteiger partial charge in [-0.05, 0) is 37.9 Å². The zero-order valence-electron chi connectivity index (χ0n) is 12.5. The van der Waals surface area contributed by atoms with Crippen molar-refractivity contribution in [3.05, 3.63) is 28.0 Å². The molecule has 0 atom stereocenters. The van der Waals surface area contributed by atoms with Gasteiger partial charge in [0, 0.05) is 26.2 Å². The second-order valence-corrected chi connectivity index (χ2v) is 6.25. The molecule has 1 aromatic rings. The van der Waals surface area contributed by atoms with Crippen LogP contribution < -0.4 is 0 Å². The summed E-state index contributed by atoms with van der Waals surface area (Å²) >= 11 is 11.9. The van der Waals surface area contributed by atoms with E-state index in [1.54, 1.807) is 17.0 Å². The van der Waals surface area contributed by atoms with E-state index < -0.39 is 0 Å². The molecule has 116 valence electrons. The number of piperidine rings is 1. The van der Waals surface area contributed by atoms with E-state index in [2.05, 4.69) is 16.8 Å². The topological polar surface area (TPSA) is 36.4 Å². The van der Waals surface area contributed by atoms with Gasteiger partial charge in [0.05, 0.1) is 5.02 Å². The van der Waals surface area contributed by atoms with Crippen molar-refractivity contribution < 1.29 is 4.79 Å². The van der Waals surface area contributed by atoms with E-state index in [0.29, 0.717) is 5.02 Å². The Morgan fingerprint density at radius 2 is 2.05 bits per heavy atom. The van der Waals surface area contributed by atoms with Crippen LogP contribution in [0.15, 0.2) is 12.1 Å². The first-order valence-corrected chi connectivity index (χ1v) is 8.10. The highest BCUT2D eigenvalue weighted by atomic mass is 35.5. The van der Waals surface area contributed by atoms with Gasteiger partial charge in [0.25, 0.3) is 5.91 Å². The highest BCUT2D eigenvalue weighted by Gasteiger charge is 2.27. The molecule has 4 nitrogen and oxygen atoms in total. The fourth-order valence-corrected chi connectivity index (χ4v) is 3.08. The van der Waals surface area contributed by atoms with Crippen molar-refractivity contribution in [3.63, 3.8) is 0 Å². The van der Waals surface area contributed by atoms with Crippen LogP contribution in [0.4, 0.5) is 0 Å². The lowest BCUT2D eigenvalue weighted by Crippen LogP contribution is -2.46. The van der Waals surface area contributed by atoms with Gasteiger partial charge in [0.1, 0.15) is 10.8 Å². The van der Waals surface area contributed by atoms with Crippen molar-refractivity contribution in [1.29, 1.82) is 0 Å². The SMILES string of the molecule is CCCN1CCC(N(C)C(=O)c2nc(Cl)ccc2Cl)CC1. The predicted molar refractivity (Wildman–Crippen MR) is 86.1 cm³/mol. The van der Waals surface area contributed by atoms with Crippen LogP contribution in [0.25, 0.3) is 0 Å². The zero-order chi connectivity index (χ0) is 15.4. The van der Waals surface area contributed by atoms with Gasteiger partial charge in [-0.2, -0.15) is 0 Å². The minimum absolute atomic E-state index is 0.156. The van der Waals surface area contributed by atoms with Gasteiger partial charge in [0.15, 0.2) is 0 Å². The third kappa shape index (κ3) is 4.09. The first kappa shape index (κ1) is 16.5. The van der Waals surface area contributed by atoms with Crippen molar-refractivity contribution in [3.8, 4) is 0 Å². The summed E-state index contributed by atoms with van der Waals surface area (Å²) in [6, 6.07) is 3.44. The standard InChI is InChI=1S/C15H21Cl2N3O/c1-3-8-20-9-6-11(7-10-20)19(2)15(21)14-12(16)4-5-13(17)18-14/h4-5,11H,3,6-10H2,1-2H3. The molecule has 0 N–H and O–H groups in total. The molecule has 0 radical (unpaired) electrons. The third-order valence-electron chi connectivity index (χ3n) is 3.98. The number of nitrogens with zero attached hydrogens (tertiary/aromatic N) is 3. The molecule has 2 rings (SSSR count). The van der Waals surface area contributed by atoms with Crippen LogP contribution in [0, 0.1) is 0 Å². The van der Waals surface area contributed by atoms with Crippen LogP contribution in [0.2, 0.25) is 10.2 Å². The fraction of sp³-hybridized carbons (Fsp3) is 0.600. The van der Waals surface area contributed by atoms with Gasteiger partial charge in [-0.1, -0.05) is 30.1 Å². The first-order chi connectivity index (χ1) is 10.0. The first-order valence-electron chi connectivity index (χ1n) is 7.34. The smallest absolute Gasteiger partial charge is 0.274 e. The fourth-order valence-electron chi connectivity index (χ4n) is 2.75. The maximum Gasteiger partial charge on any atom is 0.274 e. The molecule has 0 saturated carbocycles. The minimum Gasteiger partial charge on any atom is -0.337 e. The number of amides is 1. The molecule has 0 spiro atoms. The molecule has 1 amide bonds. The van der Waals surface area contributed by atoms with Crippen molar-refractivity contribution >= 4 is 29.1 Å². The van der Waals surface area contributed by atoms with Crippen molar-refractivity contribution in [2.24, 2.45) is 0 Å². The van der Waals surface area contributed by atoms with E-state index in [9.17, 15) is 4.79 Å². The maximum absolute atomic E-state index is 12.5. The molecular weight excluding hydrogens is 309 g/mol. The summed E-state index contributed by atoms with van der Waals surface area (Å²) < 4.78 is 0. The van der Waals surface area contributed by atoms with Gasteiger partial charge in [-0.25, -0.2) is 4.98 Å². The van der Waals surface area contributed by atoms with E-state index in [1.165, 1.54) is 6.42 Å². The highest BCUT2D eigenvalue weighted by Crippen LogP contribution is 2.22. The molecule has 0 aliphatic carbocycles. The predicted octanol–water partition coefficient (Wildman–Crippen LogP) is 3.33. The Morgan fingerprint density at radius 1 is 1.38 bits per heavy atom. The summed E-state index contributed by atoms with van der Waals surface area (Å²) in [6.07, 6.45) is 3.14. The number of rotatable bonds is 4. The molecule has 1 aliphatic heterocycles. The number of hydrogen-bond acceptors (Lipinski definition) is 3. The molecule has 1 saturated heterocycles. The lowest BCUT2D eigenvalue weighted by Gasteiger charge is -2.36. The van der Waals surface area contributed by atoms with Crippen LogP contribution in [0.1, 0.15) is 36.7 Å². The largest absolute Gasteiger partial charge is 0.337 e. The van der Waals surface area contributed by atoms with Gasteiger partial charge < -0.3 is 9.80 Å².